The van der Waals surface area contributed by atoms with E-state index in [9.17, 15) is 14.4 Å². The van der Waals surface area contributed by atoms with Gasteiger partial charge in [0.05, 0.1) is 5.92 Å². The molecule has 148 valence electrons. The fraction of sp³-hybridized carbons (Fsp3) is 0.750. The zero-order valence-electron chi connectivity index (χ0n) is 15.7. The molecule has 2 aliphatic heterocycles. The second-order valence-electron chi connectivity index (χ2n) is 8.02. The summed E-state index contributed by atoms with van der Waals surface area (Å²) in [4.78, 5) is 38.0. The molecule has 1 aliphatic carbocycles. The molecule has 2 heterocycles. The molecular weight excluding hydrogens is 346 g/mol. The average Bonchev–Trinajstić information content (AvgIpc) is 3.49. The lowest BCUT2D eigenvalue weighted by Crippen LogP contribution is -2.47. The second-order valence-corrected chi connectivity index (χ2v) is 8.02. The lowest BCUT2D eigenvalue weighted by Gasteiger charge is -2.33. The number of aliphatic carboxylic acids is 1. The van der Waals surface area contributed by atoms with Crippen LogP contribution >= 0.6 is 0 Å². The largest absolute Gasteiger partial charge is 0.480 e. The highest BCUT2D eigenvalue weighted by Gasteiger charge is 2.49. The minimum atomic E-state index is -1.11. The normalized spacial score (nSPS) is 29.4. The van der Waals surface area contributed by atoms with E-state index in [2.05, 4.69) is 16.6 Å². The number of nitrogens with zero attached hydrogens (tertiary/aromatic N) is 1. The van der Waals surface area contributed by atoms with Crippen LogP contribution in [0.25, 0.3) is 0 Å². The van der Waals surface area contributed by atoms with E-state index in [0.717, 1.165) is 38.8 Å². The lowest BCUT2D eigenvalue weighted by molar-refractivity contribution is -0.139. The molecule has 0 bridgehead atoms. The Hall–Kier alpha value is -2.07. The third-order valence-electron chi connectivity index (χ3n) is 6.23. The second kappa shape index (κ2) is 8.75. The molecule has 0 aromatic carbocycles. The number of carbonyl (C=O) groups excluding carboxylic acids is 2. The van der Waals surface area contributed by atoms with Gasteiger partial charge in [0, 0.05) is 25.6 Å². The maximum atomic E-state index is 12.9. The zero-order chi connectivity index (χ0) is 19.4. The van der Waals surface area contributed by atoms with Gasteiger partial charge >= 0.3 is 5.97 Å². The molecule has 7 heteroatoms. The molecule has 1 saturated carbocycles. The maximum absolute atomic E-state index is 12.9. The Morgan fingerprint density at radius 3 is 2.67 bits per heavy atom. The van der Waals surface area contributed by atoms with Crippen molar-refractivity contribution in [2.75, 3.05) is 32.7 Å². The number of carboxylic acids is 1. The Morgan fingerprint density at radius 2 is 2.00 bits per heavy atom. The molecule has 7 nitrogen and oxygen atoms in total. The van der Waals surface area contributed by atoms with Crippen molar-refractivity contribution < 1.29 is 19.5 Å². The first kappa shape index (κ1) is 19.7. The number of hydrogen-bond donors (Lipinski definition) is 3. The Labute approximate surface area is 160 Å². The van der Waals surface area contributed by atoms with Gasteiger partial charge in [0.2, 0.25) is 11.8 Å². The molecule has 0 unspecified atom stereocenters. The number of amides is 2. The predicted molar refractivity (Wildman–Crippen MR) is 99.5 cm³/mol. The predicted octanol–water partition coefficient (Wildman–Crippen LogP) is 0.311. The minimum Gasteiger partial charge on any atom is -0.480 e. The first-order valence-electron chi connectivity index (χ1n) is 9.97. The third kappa shape index (κ3) is 4.81. The summed E-state index contributed by atoms with van der Waals surface area (Å²) in [7, 11) is 0. The highest BCUT2D eigenvalue weighted by Crippen LogP contribution is 2.48. The molecule has 0 aromatic rings. The van der Waals surface area contributed by atoms with Gasteiger partial charge in [0.25, 0.3) is 0 Å². The topological polar surface area (TPSA) is 98.7 Å². The van der Waals surface area contributed by atoms with Gasteiger partial charge < -0.3 is 20.6 Å². The molecule has 4 atom stereocenters. The summed E-state index contributed by atoms with van der Waals surface area (Å²) in [5, 5.41) is 15.0. The quantitative estimate of drug-likeness (QED) is 0.581. The van der Waals surface area contributed by atoms with Crippen LogP contribution < -0.4 is 10.6 Å². The van der Waals surface area contributed by atoms with Gasteiger partial charge in [-0.1, -0.05) is 5.92 Å². The number of carboxylic acid groups (broad SMARTS) is 1. The summed E-state index contributed by atoms with van der Waals surface area (Å²) < 4.78 is 0. The molecule has 3 rings (SSSR count). The van der Waals surface area contributed by atoms with E-state index in [1.54, 1.807) is 0 Å². The van der Waals surface area contributed by atoms with Gasteiger partial charge in [-0.2, -0.15) is 0 Å². The van der Waals surface area contributed by atoms with E-state index in [1.807, 2.05) is 4.90 Å². The molecule has 0 aromatic heterocycles. The van der Waals surface area contributed by atoms with Crippen LogP contribution in [0.5, 0.6) is 0 Å². The Kier molecular flexibility index (Phi) is 6.38. The molecule has 0 spiro atoms. The van der Waals surface area contributed by atoms with E-state index in [0.29, 0.717) is 31.3 Å². The molecular formula is C20H29N3O4. The van der Waals surface area contributed by atoms with Crippen LogP contribution in [0.2, 0.25) is 0 Å². The number of hydrogen-bond acceptors (Lipinski definition) is 4. The molecule has 3 N–H and O–H groups in total. The Morgan fingerprint density at radius 1 is 1.26 bits per heavy atom. The number of carbonyl (C=O) groups is 3. The van der Waals surface area contributed by atoms with Crippen molar-refractivity contribution in [2.24, 2.45) is 29.6 Å². The molecule has 2 amide bonds. The van der Waals surface area contributed by atoms with E-state index in [1.165, 1.54) is 0 Å². The van der Waals surface area contributed by atoms with E-state index < -0.39 is 11.9 Å². The number of terminal acetylenes is 1. The summed E-state index contributed by atoms with van der Waals surface area (Å²) in [5.41, 5.74) is 0. The van der Waals surface area contributed by atoms with Crippen LogP contribution in [0.1, 0.15) is 32.1 Å². The van der Waals surface area contributed by atoms with Crippen molar-refractivity contribution in [1.29, 1.82) is 0 Å². The fourth-order valence-corrected chi connectivity index (χ4v) is 4.48. The SMILES string of the molecule is C#C[C@@H](CNC(=O)[C@@H]1CCCN(C(=O)[C@@H]2C[C@H]2C2CCNCC2)C1)C(=O)O. The lowest BCUT2D eigenvalue weighted by atomic mass is 9.91. The molecule has 27 heavy (non-hydrogen) atoms. The third-order valence-corrected chi connectivity index (χ3v) is 6.23. The van der Waals surface area contributed by atoms with Gasteiger partial charge in [0.1, 0.15) is 5.92 Å². The first-order valence-corrected chi connectivity index (χ1v) is 9.97. The van der Waals surface area contributed by atoms with Crippen molar-refractivity contribution in [3.8, 4) is 12.3 Å². The number of nitrogens with one attached hydrogen (secondary N) is 2. The monoisotopic (exact) mass is 375 g/mol. The summed E-state index contributed by atoms with van der Waals surface area (Å²) in [6, 6.07) is 0. The van der Waals surface area contributed by atoms with E-state index >= 15 is 0 Å². The van der Waals surface area contributed by atoms with Crippen molar-refractivity contribution in [1.82, 2.24) is 15.5 Å². The highest BCUT2D eigenvalue weighted by atomic mass is 16.4. The van der Waals surface area contributed by atoms with Gasteiger partial charge in [0.15, 0.2) is 0 Å². The Balaban J connectivity index is 1.47. The number of piperidine rings is 2. The van der Waals surface area contributed by atoms with Crippen molar-refractivity contribution in [2.45, 2.75) is 32.1 Å². The highest BCUT2D eigenvalue weighted by molar-refractivity contribution is 5.84. The van der Waals surface area contributed by atoms with Crippen molar-refractivity contribution in [3.05, 3.63) is 0 Å². The first-order chi connectivity index (χ1) is 13.0. The average molecular weight is 375 g/mol. The van der Waals surface area contributed by atoms with Gasteiger partial charge in [-0.05, 0) is 57.0 Å². The summed E-state index contributed by atoms with van der Waals surface area (Å²) in [5.74, 6) is 1.03. The molecule has 0 radical (unpaired) electrons. The zero-order valence-corrected chi connectivity index (χ0v) is 15.7. The van der Waals surface area contributed by atoms with E-state index in [4.69, 9.17) is 11.5 Å². The summed E-state index contributed by atoms with van der Waals surface area (Å²) in [6.07, 6.45) is 9.98. The van der Waals surface area contributed by atoms with Crippen molar-refractivity contribution in [3.63, 3.8) is 0 Å². The van der Waals surface area contributed by atoms with E-state index in [-0.39, 0.29) is 30.2 Å². The standard InChI is InChI=1S/C20H29N3O4/c1-2-13(20(26)27)11-22-18(24)15-4-3-9-23(12-15)19(25)17-10-16(17)14-5-7-21-8-6-14/h1,13-17,21H,3-12H2,(H,22,24)(H,26,27)/t13-,15+,16-,17+/m0/s1. The molecule has 3 aliphatic rings. The van der Waals surface area contributed by atoms with Crippen LogP contribution in [0, 0.1) is 41.9 Å². The summed E-state index contributed by atoms with van der Waals surface area (Å²) >= 11 is 0. The number of likely N-dealkylation sites (tertiary alicyclic amines) is 1. The van der Waals surface area contributed by atoms with Crippen LogP contribution in [0.15, 0.2) is 0 Å². The summed E-state index contributed by atoms with van der Waals surface area (Å²) in [6.45, 7) is 3.15. The smallest absolute Gasteiger partial charge is 0.320 e. The van der Waals surface area contributed by atoms with Gasteiger partial charge in [-0.25, -0.2) is 0 Å². The number of rotatable bonds is 6. The molecule has 2 saturated heterocycles. The van der Waals surface area contributed by atoms with Crippen LogP contribution in [-0.4, -0.2) is 60.5 Å². The minimum absolute atomic E-state index is 0.0739. The van der Waals surface area contributed by atoms with Crippen LogP contribution in [-0.2, 0) is 14.4 Å². The Bertz CT molecular complexity index is 623. The van der Waals surface area contributed by atoms with Crippen LogP contribution in [0.3, 0.4) is 0 Å². The van der Waals surface area contributed by atoms with Gasteiger partial charge in [-0.3, -0.25) is 14.4 Å². The maximum Gasteiger partial charge on any atom is 0.320 e. The van der Waals surface area contributed by atoms with Crippen LogP contribution in [0.4, 0.5) is 0 Å². The van der Waals surface area contributed by atoms with Gasteiger partial charge in [-0.15, -0.1) is 6.42 Å². The fourth-order valence-electron chi connectivity index (χ4n) is 4.48. The van der Waals surface area contributed by atoms with Crippen molar-refractivity contribution >= 4 is 17.8 Å². The molecule has 3 fully saturated rings.